The van der Waals surface area contributed by atoms with Crippen molar-refractivity contribution in [2.45, 2.75) is 25.3 Å². The molecule has 0 bridgehead atoms. The largest absolute Gasteiger partial charge is 0.507 e. The standard InChI is InChI=1S/C13H15IN2O2S/c14-10-4-1-8(7-11(10)17)13(18)16(9-2-3-9)6-5-12(15)19/h1,4,7,9,17H,2-3,5-6H2,(H2,15,19). The first-order valence-corrected chi connectivity index (χ1v) is 7.55. The van der Waals surface area contributed by atoms with Gasteiger partial charge in [0.15, 0.2) is 0 Å². The third-order valence-corrected chi connectivity index (χ3v) is 4.16. The second-order valence-electron chi connectivity index (χ2n) is 4.61. The van der Waals surface area contributed by atoms with Crippen molar-refractivity contribution in [1.29, 1.82) is 0 Å². The fraction of sp³-hybridized carbons (Fsp3) is 0.385. The van der Waals surface area contributed by atoms with Crippen LogP contribution < -0.4 is 5.73 Å². The van der Waals surface area contributed by atoms with Gasteiger partial charge < -0.3 is 15.7 Å². The number of phenols is 1. The third-order valence-electron chi connectivity index (χ3n) is 3.04. The van der Waals surface area contributed by atoms with E-state index in [9.17, 15) is 9.90 Å². The highest BCUT2D eigenvalue weighted by atomic mass is 127. The van der Waals surface area contributed by atoms with Crippen molar-refractivity contribution in [3.05, 3.63) is 27.3 Å². The summed E-state index contributed by atoms with van der Waals surface area (Å²) in [5.41, 5.74) is 6.00. The average Bonchev–Trinajstić information content (AvgIpc) is 3.16. The van der Waals surface area contributed by atoms with Crippen LogP contribution in [0.15, 0.2) is 18.2 Å². The van der Waals surface area contributed by atoms with Crippen LogP contribution in [0.2, 0.25) is 0 Å². The van der Waals surface area contributed by atoms with Crippen molar-refractivity contribution in [2.24, 2.45) is 5.73 Å². The monoisotopic (exact) mass is 390 g/mol. The molecule has 0 unspecified atom stereocenters. The summed E-state index contributed by atoms with van der Waals surface area (Å²) in [6, 6.07) is 5.28. The Balaban J connectivity index is 2.14. The molecule has 102 valence electrons. The fourth-order valence-electron chi connectivity index (χ4n) is 1.88. The molecule has 1 aliphatic carbocycles. The number of nitrogens with two attached hydrogens (primary N) is 1. The molecule has 1 amide bonds. The Kier molecular flexibility index (Phi) is 4.62. The number of thiocarbonyl (C=S) groups is 1. The molecule has 0 saturated heterocycles. The molecular weight excluding hydrogens is 375 g/mol. The predicted octanol–water partition coefficient (Wildman–Crippen LogP) is 2.28. The van der Waals surface area contributed by atoms with Crippen molar-refractivity contribution in [3.63, 3.8) is 0 Å². The molecule has 1 aromatic rings. The molecule has 1 saturated carbocycles. The van der Waals surface area contributed by atoms with Crippen molar-refractivity contribution >= 4 is 45.7 Å². The van der Waals surface area contributed by atoms with Crippen LogP contribution in [0.25, 0.3) is 0 Å². The smallest absolute Gasteiger partial charge is 0.254 e. The van der Waals surface area contributed by atoms with Crippen molar-refractivity contribution < 1.29 is 9.90 Å². The topological polar surface area (TPSA) is 66.6 Å². The minimum atomic E-state index is -0.0644. The quantitative estimate of drug-likeness (QED) is 0.598. The van der Waals surface area contributed by atoms with Crippen LogP contribution in [0.1, 0.15) is 29.6 Å². The number of halogens is 1. The van der Waals surface area contributed by atoms with E-state index in [2.05, 4.69) is 0 Å². The molecule has 0 spiro atoms. The molecule has 0 aliphatic heterocycles. The molecular formula is C13H15IN2O2S. The van der Waals surface area contributed by atoms with Crippen LogP contribution in [0.4, 0.5) is 0 Å². The maximum absolute atomic E-state index is 12.4. The molecule has 3 N–H and O–H groups in total. The summed E-state index contributed by atoms with van der Waals surface area (Å²) in [6.45, 7) is 0.547. The Morgan fingerprint density at radius 2 is 2.21 bits per heavy atom. The summed E-state index contributed by atoms with van der Waals surface area (Å²) in [6.07, 6.45) is 2.59. The first-order chi connectivity index (χ1) is 8.99. The lowest BCUT2D eigenvalue weighted by Crippen LogP contribution is -2.35. The van der Waals surface area contributed by atoms with Gasteiger partial charge in [0.25, 0.3) is 5.91 Å². The van der Waals surface area contributed by atoms with Gasteiger partial charge in [-0.15, -0.1) is 0 Å². The number of benzene rings is 1. The molecule has 1 fully saturated rings. The van der Waals surface area contributed by atoms with Crippen LogP contribution in [0.5, 0.6) is 5.75 Å². The van der Waals surface area contributed by atoms with Crippen LogP contribution in [-0.4, -0.2) is 33.5 Å². The highest BCUT2D eigenvalue weighted by Crippen LogP contribution is 2.29. The highest BCUT2D eigenvalue weighted by Gasteiger charge is 2.32. The van der Waals surface area contributed by atoms with Crippen molar-refractivity contribution in [3.8, 4) is 5.75 Å². The van der Waals surface area contributed by atoms with E-state index in [-0.39, 0.29) is 11.7 Å². The van der Waals surface area contributed by atoms with Gasteiger partial charge in [0, 0.05) is 24.6 Å². The van der Waals surface area contributed by atoms with E-state index < -0.39 is 0 Å². The van der Waals surface area contributed by atoms with E-state index in [0.717, 1.165) is 16.4 Å². The average molecular weight is 390 g/mol. The molecule has 0 heterocycles. The number of phenolic OH excluding ortho intramolecular Hbond substituents is 1. The fourth-order valence-corrected chi connectivity index (χ4v) is 2.31. The third kappa shape index (κ3) is 3.79. The minimum Gasteiger partial charge on any atom is -0.507 e. The summed E-state index contributed by atoms with van der Waals surface area (Å²) < 4.78 is 0.732. The molecule has 6 heteroatoms. The Hall–Kier alpha value is -0.890. The first-order valence-electron chi connectivity index (χ1n) is 6.07. The molecule has 1 aliphatic rings. The zero-order valence-electron chi connectivity index (χ0n) is 10.3. The maximum Gasteiger partial charge on any atom is 0.254 e. The van der Waals surface area contributed by atoms with Gasteiger partial charge in [-0.2, -0.15) is 0 Å². The lowest BCUT2D eigenvalue weighted by atomic mass is 10.2. The van der Waals surface area contributed by atoms with E-state index >= 15 is 0 Å². The lowest BCUT2D eigenvalue weighted by molar-refractivity contribution is 0.0747. The number of hydrogen-bond acceptors (Lipinski definition) is 3. The Bertz CT molecular complexity index is 517. The summed E-state index contributed by atoms with van der Waals surface area (Å²) in [5.74, 6) is 0.0713. The van der Waals surface area contributed by atoms with Gasteiger partial charge >= 0.3 is 0 Å². The Labute approximate surface area is 131 Å². The summed E-state index contributed by atoms with van der Waals surface area (Å²) in [4.78, 5) is 14.7. The normalized spacial score (nSPS) is 14.2. The van der Waals surface area contributed by atoms with Gasteiger partial charge in [-0.1, -0.05) is 12.2 Å². The van der Waals surface area contributed by atoms with Crippen LogP contribution in [0, 0.1) is 3.57 Å². The van der Waals surface area contributed by atoms with Gasteiger partial charge in [-0.25, -0.2) is 0 Å². The van der Waals surface area contributed by atoms with Gasteiger partial charge in [0.05, 0.1) is 8.56 Å². The predicted molar refractivity (Wildman–Crippen MR) is 86.3 cm³/mol. The number of carbonyl (C=O) groups excluding carboxylic acids is 1. The minimum absolute atomic E-state index is 0.0644. The van der Waals surface area contributed by atoms with E-state index in [1.807, 2.05) is 22.6 Å². The molecule has 0 radical (unpaired) electrons. The van der Waals surface area contributed by atoms with E-state index in [1.54, 1.807) is 17.0 Å². The van der Waals surface area contributed by atoms with Crippen molar-refractivity contribution in [1.82, 2.24) is 4.90 Å². The molecule has 2 rings (SSSR count). The van der Waals surface area contributed by atoms with Gasteiger partial charge in [-0.3, -0.25) is 4.79 Å². The zero-order chi connectivity index (χ0) is 14.0. The molecule has 0 aromatic heterocycles. The van der Waals surface area contributed by atoms with E-state index in [1.165, 1.54) is 6.07 Å². The van der Waals surface area contributed by atoms with E-state index in [0.29, 0.717) is 29.6 Å². The van der Waals surface area contributed by atoms with Gasteiger partial charge in [-0.05, 0) is 53.6 Å². The van der Waals surface area contributed by atoms with E-state index in [4.69, 9.17) is 18.0 Å². The number of carbonyl (C=O) groups is 1. The maximum atomic E-state index is 12.4. The number of amides is 1. The van der Waals surface area contributed by atoms with Gasteiger partial charge in [0.2, 0.25) is 0 Å². The number of aromatic hydroxyl groups is 1. The van der Waals surface area contributed by atoms with Gasteiger partial charge in [0.1, 0.15) is 5.75 Å². The molecule has 4 nitrogen and oxygen atoms in total. The highest BCUT2D eigenvalue weighted by molar-refractivity contribution is 14.1. The first kappa shape index (κ1) is 14.5. The lowest BCUT2D eigenvalue weighted by Gasteiger charge is -2.22. The summed E-state index contributed by atoms with van der Waals surface area (Å²) in [5, 5.41) is 9.68. The van der Waals surface area contributed by atoms with Crippen LogP contribution >= 0.6 is 34.8 Å². The number of rotatable bonds is 5. The van der Waals surface area contributed by atoms with Crippen LogP contribution in [0.3, 0.4) is 0 Å². The molecule has 19 heavy (non-hydrogen) atoms. The SMILES string of the molecule is NC(=S)CCN(C(=O)c1ccc(I)c(O)c1)C1CC1. The van der Waals surface area contributed by atoms with Crippen molar-refractivity contribution in [2.75, 3.05) is 6.54 Å². The molecule has 1 aromatic carbocycles. The summed E-state index contributed by atoms with van der Waals surface area (Å²) in [7, 11) is 0. The van der Waals surface area contributed by atoms with Crippen LogP contribution in [-0.2, 0) is 0 Å². The summed E-state index contributed by atoms with van der Waals surface area (Å²) >= 11 is 6.89. The Morgan fingerprint density at radius 1 is 1.53 bits per heavy atom. The second-order valence-corrected chi connectivity index (χ2v) is 6.30. The zero-order valence-corrected chi connectivity index (χ0v) is 13.3. The molecule has 0 atom stereocenters. The second kappa shape index (κ2) is 6.04. The Morgan fingerprint density at radius 3 is 2.74 bits per heavy atom. The number of hydrogen-bond donors (Lipinski definition) is 2. The number of nitrogens with zero attached hydrogens (tertiary/aromatic N) is 1.